The van der Waals surface area contributed by atoms with Gasteiger partial charge in [-0.3, -0.25) is 14.2 Å². The first-order valence-corrected chi connectivity index (χ1v) is 11.0. The van der Waals surface area contributed by atoms with E-state index in [1.807, 2.05) is 0 Å². The van der Waals surface area contributed by atoms with Crippen molar-refractivity contribution < 1.29 is 15.0 Å². The molecular weight excluding hydrogens is 483 g/mol. The highest BCUT2D eigenvalue weighted by atomic mass is 35.5. The topological polar surface area (TPSA) is 148 Å². The number of fused-ring (bicyclic) bond motifs is 1. The van der Waals surface area contributed by atoms with Crippen LogP contribution in [0.15, 0.2) is 41.3 Å². The van der Waals surface area contributed by atoms with E-state index in [1.54, 1.807) is 12.1 Å². The number of halogens is 2. The fourth-order valence-electron chi connectivity index (χ4n) is 3.69. The highest BCUT2D eigenvalue weighted by Gasteiger charge is 2.31. The summed E-state index contributed by atoms with van der Waals surface area (Å²) >= 11 is 12.9. The SMILES string of the molecule is Nc1ncccc1-c1cc2n(-c3c(Cl)cc(CO)cc3Cl)c(O)c(C(=O)NC3CC3)c(=O)n2n1. The number of amides is 1. The standard InChI is InChI=1S/C22H18Cl2N6O4/c23-13-6-10(9-31)7-14(24)18(13)29-16-8-15(12-2-1-5-26-19(12)25)28-30(16)22(34)17(21(29)33)20(32)27-11-3-4-11/h1-2,5-8,11,31,33H,3-4,9H2,(H2,25,26)(H,27,32). The smallest absolute Gasteiger partial charge is 0.291 e. The normalized spacial score (nSPS) is 13.4. The number of aliphatic hydroxyl groups excluding tert-OH is 1. The Morgan fingerprint density at radius 3 is 2.56 bits per heavy atom. The van der Waals surface area contributed by atoms with Crippen molar-refractivity contribution in [1.29, 1.82) is 0 Å². The summed E-state index contributed by atoms with van der Waals surface area (Å²) in [6.45, 7) is -0.308. The van der Waals surface area contributed by atoms with E-state index in [2.05, 4.69) is 15.4 Å². The largest absolute Gasteiger partial charge is 0.493 e. The van der Waals surface area contributed by atoms with Crippen LogP contribution in [0.3, 0.4) is 0 Å². The summed E-state index contributed by atoms with van der Waals surface area (Å²) in [5, 5.41) is 27.9. The van der Waals surface area contributed by atoms with E-state index in [1.165, 1.54) is 29.0 Å². The second-order valence-corrected chi connectivity index (χ2v) is 8.70. The van der Waals surface area contributed by atoms with E-state index in [4.69, 9.17) is 28.9 Å². The van der Waals surface area contributed by atoms with Crippen molar-refractivity contribution in [3.63, 3.8) is 0 Å². The van der Waals surface area contributed by atoms with E-state index < -0.39 is 22.9 Å². The van der Waals surface area contributed by atoms with Gasteiger partial charge in [-0.05, 0) is 42.7 Å². The summed E-state index contributed by atoms with van der Waals surface area (Å²) in [6.07, 6.45) is 3.09. The van der Waals surface area contributed by atoms with Crippen molar-refractivity contribution >= 4 is 40.6 Å². The van der Waals surface area contributed by atoms with Gasteiger partial charge in [0.2, 0.25) is 5.88 Å². The first kappa shape index (κ1) is 22.2. The van der Waals surface area contributed by atoms with Gasteiger partial charge in [0, 0.05) is 23.9 Å². The lowest BCUT2D eigenvalue weighted by Gasteiger charge is -2.17. The van der Waals surface area contributed by atoms with Crippen LogP contribution in [0.1, 0.15) is 28.8 Å². The summed E-state index contributed by atoms with van der Waals surface area (Å²) in [5.41, 5.74) is 6.03. The predicted octanol–water partition coefficient (Wildman–Crippen LogP) is 2.53. The van der Waals surface area contributed by atoms with E-state index in [-0.39, 0.29) is 45.5 Å². The molecule has 0 spiro atoms. The third kappa shape index (κ3) is 3.65. The van der Waals surface area contributed by atoms with Gasteiger partial charge in [0.25, 0.3) is 11.5 Å². The first-order chi connectivity index (χ1) is 16.3. The minimum atomic E-state index is -0.824. The molecule has 1 fully saturated rings. The van der Waals surface area contributed by atoms with Crippen molar-refractivity contribution in [2.24, 2.45) is 0 Å². The molecule has 34 heavy (non-hydrogen) atoms. The number of nitrogens with two attached hydrogens (primary N) is 1. The van der Waals surface area contributed by atoms with Crippen LogP contribution in [-0.4, -0.2) is 41.3 Å². The van der Waals surface area contributed by atoms with E-state index in [0.717, 1.165) is 17.4 Å². The molecule has 1 aliphatic carbocycles. The molecule has 174 valence electrons. The third-order valence-corrected chi connectivity index (χ3v) is 6.07. The number of nitrogens with zero attached hydrogens (tertiary/aromatic N) is 4. The summed E-state index contributed by atoms with van der Waals surface area (Å²) in [6, 6.07) is 7.72. The number of aromatic nitrogens is 4. The number of benzene rings is 1. The molecule has 1 aromatic carbocycles. The molecule has 3 heterocycles. The lowest BCUT2D eigenvalue weighted by molar-refractivity contribution is 0.0945. The summed E-state index contributed by atoms with van der Waals surface area (Å²) in [7, 11) is 0. The van der Waals surface area contributed by atoms with Gasteiger partial charge in [-0.2, -0.15) is 9.61 Å². The van der Waals surface area contributed by atoms with Crippen LogP contribution in [0.2, 0.25) is 10.0 Å². The molecule has 1 aliphatic rings. The van der Waals surface area contributed by atoms with Crippen LogP contribution in [-0.2, 0) is 6.61 Å². The molecule has 0 bridgehead atoms. The van der Waals surface area contributed by atoms with Gasteiger partial charge in [-0.15, -0.1) is 0 Å². The second kappa shape index (κ2) is 8.32. The Bertz CT molecular complexity index is 1500. The highest BCUT2D eigenvalue weighted by molar-refractivity contribution is 6.38. The fourth-order valence-corrected chi connectivity index (χ4v) is 4.40. The van der Waals surface area contributed by atoms with Gasteiger partial charge in [-0.25, -0.2) is 4.98 Å². The fraction of sp³-hybridized carbons (Fsp3) is 0.182. The molecule has 0 unspecified atom stereocenters. The van der Waals surface area contributed by atoms with Crippen LogP contribution in [0.4, 0.5) is 5.82 Å². The molecule has 3 aromatic heterocycles. The average molecular weight is 501 g/mol. The number of rotatable bonds is 5. The van der Waals surface area contributed by atoms with Gasteiger partial charge >= 0.3 is 0 Å². The quantitative estimate of drug-likeness (QED) is 0.329. The Balaban J connectivity index is 1.85. The first-order valence-electron chi connectivity index (χ1n) is 10.3. The number of nitrogens with one attached hydrogen (secondary N) is 1. The molecule has 0 saturated heterocycles. The number of nitrogen functional groups attached to an aromatic ring is 1. The molecule has 0 aliphatic heterocycles. The Morgan fingerprint density at radius 1 is 1.24 bits per heavy atom. The number of carbonyl (C=O) groups excluding carboxylic acids is 1. The Morgan fingerprint density at radius 2 is 1.94 bits per heavy atom. The zero-order valence-corrected chi connectivity index (χ0v) is 19.0. The van der Waals surface area contributed by atoms with Gasteiger partial charge in [-0.1, -0.05) is 23.2 Å². The third-order valence-electron chi connectivity index (χ3n) is 5.50. The molecule has 0 atom stereocenters. The Kier molecular flexibility index (Phi) is 5.43. The molecule has 1 amide bonds. The van der Waals surface area contributed by atoms with Gasteiger partial charge in [0.05, 0.1) is 28.0 Å². The van der Waals surface area contributed by atoms with Gasteiger partial charge in [0.1, 0.15) is 11.5 Å². The zero-order valence-electron chi connectivity index (χ0n) is 17.5. The number of aromatic hydroxyl groups is 1. The van der Waals surface area contributed by atoms with Crippen molar-refractivity contribution in [2.45, 2.75) is 25.5 Å². The van der Waals surface area contributed by atoms with Crippen LogP contribution in [0.25, 0.3) is 22.6 Å². The van der Waals surface area contributed by atoms with Crippen LogP contribution < -0.4 is 16.6 Å². The lowest BCUT2D eigenvalue weighted by atomic mass is 10.2. The van der Waals surface area contributed by atoms with Crippen LogP contribution in [0, 0.1) is 0 Å². The molecule has 5 rings (SSSR count). The van der Waals surface area contributed by atoms with Crippen LogP contribution >= 0.6 is 23.2 Å². The van der Waals surface area contributed by atoms with Crippen LogP contribution in [0.5, 0.6) is 5.88 Å². The van der Waals surface area contributed by atoms with Crippen molar-refractivity contribution in [1.82, 2.24) is 24.5 Å². The minimum Gasteiger partial charge on any atom is -0.493 e. The number of pyridine rings is 1. The number of anilines is 1. The number of hydrogen-bond donors (Lipinski definition) is 4. The predicted molar refractivity (Wildman–Crippen MR) is 127 cm³/mol. The number of carbonyl (C=O) groups is 1. The van der Waals surface area contributed by atoms with Gasteiger partial charge < -0.3 is 21.3 Å². The molecule has 10 nitrogen and oxygen atoms in total. The molecule has 5 N–H and O–H groups in total. The van der Waals surface area contributed by atoms with Crippen molar-refractivity contribution in [2.75, 3.05) is 5.73 Å². The summed E-state index contributed by atoms with van der Waals surface area (Å²) in [5.74, 6) is -1.20. The maximum Gasteiger partial charge on any atom is 0.291 e. The van der Waals surface area contributed by atoms with E-state index in [9.17, 15) is 19.8 Å². The Labute approximate surface area is 202 Å². The molecule has 4 aromatic rings. The Hall–Kier alpha value is -3.60. The van der Waals surface area contributed by atoms with E-state index >= 15 is 0 Å². The van der Waals surface area contributed by atoms with E-state index in [0.29, 0.717) is 11.1 Å². The van der Waals surface area contributed by atoms with Gasteiger partial charge in [0.15, 0.2) is 5.56 Å². The zero-order chi connectivity index (χ0) is 24.1. The monoisotopic (exact) mass is 500 g/mol. The number of aliphatic hydroxyl groups is 1. The van der Waals surface area contributed by atoms with Crippen molar-refractivity contribution in [3.8, 4) is 22.8 Å². The van der Waals surface area contributed by atoms with Crippen molar-refractivity contribution in [3.05, 3.63) is 68.1 Å². The summed E-state index contributed by atoms with van der Waals surface area (Å²) < 4.78 is 2.16. The highest BCUT2D eigenvalue weighted by Crippen LogP contribution is 2.36. The number of hydrogen-bond acceptors (Lipinski definition) is 7. The molecule has 12 heteroatoms. The molecule has 1 saturated carbocycles. The summed E-state index contributed by atoms with van der Waals surface area (Å²) in [4.78, 5) is 30.3. The lowest BCUT2D eigenvalue weighted by Crippen LogP contribution is -2.34. The maximum atomic E-state index is 13.3. The molecule has 0 radical (unpaired) electrons. The second-order valence-electron chi connectivity index (χ2n) is 7.89. The maximum absolute atomic E-state index is 13.3. The minimum absolute atomic E-state index is 0.0603. The molecular formula is C22H18Cl2N6O4. The average Bonchev–Trinajstić information content (AvgIpc) is 3.50.